The summed E-state index contributed by atoms with van der Waals surface area (Å²) in [5, 5.41) is 8.24. The lowest BCUT2D eigenvalue weighted by atomic mass is 10.1. The smallest absolute Gasteiger partial charge is 0.338 e. The summed E-state index contributed by atoms with van der Waals surface area (Å²) in [6.07, 6.45) is 0. The van der Waals surface area contributed by atoms with E-state index >= 15 is 0 Å². The number of ether oxygens (including phenoxy) is 1. The summed E-state index contributed by atoms with van der Waals surface area (Å²) < 4.78 is 5.30. The van der Waals surface area contributed by atoms with Gasteiger partial charge in [-0.15, -0.1) is 0 Å². The van der Waals surface area contributed by atoms with Crippen molar-refractivity contribution in [3.05, 3.63) is 60.2 Å². The van der Waals surface area contributed by atoms with Crippen LogP contribution in [0.4, 0.5) is 11.4 Å². The van der Waals surface area contributed by atoms with E-state index < -0.39 is 5.60 Å². The van der Waals surface area contributed by atoms with Crippen molar-refractivity contribution >= 4 is 17.3 Å². The van der Waals surface area contributed by atoms with Gasteiger partial charge in [0.25, 0.3) is 0 Å². The van der Waals surface area contributed by atoms with Gasteiger partial charge in [0.15, 0.2) is 0 Å². The highest BCUT2D eigenvalue weighted by Gasteiger charge is 2.17. The highest BCUT2D eigenvalue weighted by molar-refractivity contribution is 5.90. The van der Waals surface area contributed by atoms with Gasteiger partial charge in [-0.05, 0) is 57.2 Å². The molecule has 0 atom stereocenters. The van der Waals surface area contributed by atoms with Gasteiger partial charge in [-0.3, -0.25) is 0 Å². The van der Waals surface area contributed by atoms with Crippen LogP contribution in [-0.4, -0.2) is 11.6 Å². The molecule has 4 nitrogen and oxygen atoms in total. The average Bonchev–Trinajstić information content (AvgIpc) is 2.45. The molecule has 0 N–H and O–H groups in total. The number of azo groups is 1. The average molecular weight is 282 g/mol. The van der Waals surface area contributed by atoms with Crippen molar-refractivity contribution in [1.82, 2.24) is 0 Å². The summed E-state index contributed by atoms with van der Waals surface area (Å²) in [7, 11) is 0. The number of hydrogen-bond acceptors (Lipinski definition) is 4. The molecule has 4 heteroatoms. The minimum absolute atomic E-state index is 0.339. The Hall–Kier alpha value is -2.49. The largest absolute Gasteiger partial charge is 0.456 e. The van der Waals surface area contributed by atoms with Crippen LogP contribution >= 0.6 is 0 Å². The zero-order valence-corrected chi connectivity index (χ0v) is 12.4. The highest BCUT2D eigenvalue weighted by Crippen LogP contribution is 2.19. The third-order valence-corrected chi connectivity index (χ3v) is 2.54. The van der Waals surface area contributed by atoms with Gasteiger partial charge < -0.3 is 4.74 Å². The second-order valence-electron chi connectivity index (χ2n) is 5.58. The van der Waals surface area contributed by atoms with E-state index in [9.17, 15) is 4.79 Å². The van der Waals surface area contributed by atoms with Crippen molar-refractivity contribution in [2.24, 2.45) is 10.2 Å². The Bertz CT molecular complexity index is 626. The van der Waals surface area contributed by atoms with Crippen LogP contribution in [0.3, 0.4) is 0 Å². The van der Waals surface area contributed by atoms with Gasteiger partial charge in [0.2, 0.25) is 0 Å². The zero-order valence-electron chi connectivity index (χ0n) is 12.4. The van der Waals surface area contributed by atoms with Crippen molar-refractivity contribution in [2.45, 2.75) is 26.4 Å². The van der Waals surface area contributed by atoms with E-state index in [1.165, 1.54) is 0 Å². The molecule has 0 aromatic heterocycles. The van der Waals surface area contributed by atoms with Crippen LogP contribution in [0, 0.1) is 0 Å². The molecule has 2 aromatic rings. The number of nitrogens with zero attached hydrogens (tertiary/aromatic N) is 2. The van der Waals surface area contributed by atoms with Crippen LogP contribution in [0.5, 0.6) is 0 Å². The summed E-state index contributed by atoms with van der Waals surface area (Å²) in [5.41, 5.74) is 1.48. The molecule has 0 bridgehead atoms. The van der Waals surface area contributed by atoms with E-state index in [1.54, 1.807) is 24.3 Å². The second kappa shape index (κ2) is 6.31. The van der Waals surface area contributed by atoms with Crippen LogP contribution in [0.2, 0.25) is 0 Å². The molecule has 0 fully saturated rings. The Labute approximate surface area is 124 Å². The second-order valence-corrected chi connectivity index (χ2v) is 5.58. The number of rotatable bonds is 3. The van der Waals surface area contributed by atoms with Crippen LogP contribution in [0.15, 0.2) is 64.8 Å². The Balaban J connectivity index is 2.06. The third kappa shape index (κ3) is 4.84. The van der Waals surface area contributed by atoms with Crippen LogP contribution in [-0.2, 0) is 4.74 Å². The minimum atomic E-state index is -0.497. The van der Waals surface area contributed by atoms with E-state index in [0.29, 0.717) is 11.3 Å². The monoisotopic (exact) mass is 282 g/mol. The van der Waals surface area contributed by atoms with Crippen molar-refractivity contribution in [1.29, 1.82) is 0 Å². The minimum Gasteiger partial charge on any atom is -0.456 e. The third-order valence-electron chi connectivity index (χ3n) is 2.54. The number of carbonyl (C=O) groups excluding carboxylic acids is 1. The fourth-order valence-corrected chi connectivity index (χ4v) is 1.61. The Morgan fingerprint density at radius 1 is 0.857 bits per heavy atom. The van der Waals surface area contributed by atoms with E-state index in [1.807, 2.05) is 51.1 Å². The van der Waals surface area contributed by atoms with E-state index in [2.05, 4.69) is 10.2 Å². The molecule has 0 radical (unpaired) electrons. The normalized spacial score (nSPS) is 11.6. The summed E-state index contributed by atoms with van der Waals surface area (Å²) in [4.78, 5) is 11.9. The standard InChI is InChI=1S/C17H18N2O2/c1-17(2,3)21-16(20)13-9-11-15(12-10-13)19-18-14-7-5-4-6-8-14/h4-12H,1-3H3. The van der Waals surface area contributed by atoms with Crippen LogP contribution in [0.1, 0.15) is 31.1 Å². The number of carbonyl (C=O) groups is 1. The van der Waals surface area contributed by atoms with Gasteiger partial charge in [-0.1, -0.05) is 18.2 Å². The van der Waals surface area contributed by atoms with Crippen molar-refractivity contribution in [3.8, 4) is 0 Å². The molecule has 2 aromatic carbocycles. The van der Waals surface area contributed by atoms with Gasteiger partial charge in [0, 0.05) is 0 Å². The maximum atomic E-state index is 11.9. The first-order valence-electron chi connectivity index (χ1n) is 6.74. The summed E-state index contributed by atoms with van der Waals surface area (Å²) in [6, 6.07) is 16.3. The topological polar surface area (TPSA) is 51.0 Å². The molecule has 0 unspecified atom stereocenters. The summed E-state index contributed by atoms with van der Waals surface area (Å²) in [6.45, 7) is 5.52. The number of benzene rings is 2. The fourth-order valence-electron chi connectivity index (χ4n) is 1.61. The highest BCUT2D eigenvalue weighted by atomic mass is 16.6. The first-order chi connectivity index (χ1) is 9.94. The maximum Gasteiger partial charge on any atom is 0.338 e. The predicted octanol–water partition coefficient (Wildman–Crippen LogP) is 5.06. The van der Waals surface area contributed by atoms with E-state index in [4.69, 9.17) is 4.74 Å². The molecule has 0 amide bonds. The van der Waals surface area contributed by atoms with Crippen LogP contribution < -0.4 is 0 Å². The Kier molecular flexibility index (Phi) is 4.48. The number of esters is 1. The summed E-state index contributed by atoms with van der Waals surface area (Å²) in [5.74, 6) is -0.339. The molecule has 108 valence electrons. The maximum absolute atomic E-state index is 11.9. The molecule has 0 saturated carbocycles. The molecule has 2 rings (SSSR count). The molecular weight excluding hydrogens is 264 g/mol. The molecule has 0 heterocycles. The lowest BCUT2D eigenvalue weighted by molar-refractivity contribution is 0.00696. The SMILES string of the molecule is CC(C)(C)OC(=O)c1ccc(N=Nc2ccccc2)cc1. The first-order valence-corrected chi connectivity index (χ1v) is 6.74. The van der Waals surface area contributed by atoms with Crippen molar-refractivity contribution in [3.63, 3.8) is 0 Å². The van der Waals surface area contributed by atoms with Gasteiger partial charge in [0.1, 0.15) is 5.60 Å². The Morgan fingerprint density at radius 3 is 1.90 bits per heavy atom. The molecular formula is C17H18N2O2. The lowest BCUT2D eigenvalue weighted by Crippen LogP contribution is -2.23. The zero-order chi connectivity index (χ0) is 15.3. The molecule has 0 aliphatic heterocycles. The molecule has 0 aliphatic rings. The molecule has 0 aliphatic carbocycles. The summed E-state index contributed by atoms with van der Waals surface area (Å²) >= 11 is 0. The molecule has 21 heavy (non-hydrogen) atoms. The first kappa shape index (κ1) is 14.9. The van der Waals surface area contributed by atoms with Crippen molar-refractivity contribution in [2.75, 3.05) is 0 Å². The van der Waals surface area contributed by atoms with Gasteiger partial charge in [-0.2, -0.15) is 10.2 Å². The Morgan fingerprint density at radius 2 is 1.38 bits per heavy atom. The lowest BCUT2D eigenvalue weighted by Gasteiger charge is -2.19. The van der Waals surface area contributed by atoms with Gasteiger partial charge in [-0.25, -0.2) is 4.79 Å². The van der Waals surface area contributed by atoms with Crippen molar-refractivity contribution < 1.29 is 9.53 Å². The van der Waals surface area contributed by atoms with E-state index in [-0.39, 0.29) is 5.97 Å². The number of hydrogen-bond donors (Lipinski definition) is 0. The van der Waals surface area contributed by atoms with Gasteiger partial charge in [0.05, 0.1) is 16.9 Å². The molecule has 0 saturated heterocycles. The van der Waals surface area contributed by atoms with Gasteiger partial charge >= 0.3 is 5.97 Å². The van der Waals surface area contributed by atoms with Crippen LogP contribution in [0.25, 0.3) is 0 Å². The fraction of sp³-hybridized carbons (Fsp3) is 0.235. The molecule has 0 spiro atoms. The predicted molar refractivity (Wildman–Crippen MR) is 82.2 cm³/mol. The van der Waals surface area contributed by atoms with E-state index in [0.717, 1.165) is 5.69 Å². The quantitative estimate of drug-likeness (QED) is 0.583.